The molecule has 2 aliphatic heterocycles. The third kappa shape index (κ3) is 8.23. The van der Waals surface area contributed by atoms with Gasteiger partial charge in [-0.1, -0.05) is 57.7 Å². The number of cyclic esters (lactones) is 1. The van der Waals surface area contributed by atoms with Gasteiger partial charge in [-0.25, -0.2) is 18.2 Å². The summed E-state index contributed by atoms with van der Waals surface area (Å²) in [5.74, 6) is -2.12. The summed E-state index contributed by atoms with van der Waals surface area (Å²) < 4.78 is 40.0. The Morgan fingerprint density at radius 2 is 1.83 bits per heavy atom. The number of carbonyl (C=O) groups is 4. The van der Waals surface area contributed by atoms with Gasteiger partial charge < -0.3 is 25.0 Å². The molecule has 14 heteroatoms. The lowest BCUT2D eigenvalue weighted by molar-refractivity contribution is -0.142. The fourth-order valence-electron chi connectivity index (χ4n) is 8.45. The van der Waals surface area contributed by atoms with Crippen LogP contribution < -0.4 is 20.1 Å². The van der Waals surface area contributed by atoms with Crippen LogP contribution in [-0.2, 0) is 35.6 Å². The molecule has 2 aromatic rings. The maximum absolute atomic E-state index is 14.8. The van der Waals surface area contributed by atoms with E-state index in [9.17, 15) is 27.6 Å². The maximum Gasteiger partial charge on any atom is 0.407 e. The first-order valence-corrected chi connectivity index (χ1v) is 21.1. The van der Waals surface area contributed by atoms with Crippen molar-refractivity contribution in [2.24, 2.45) is 17.3 Å². The molecule has 5 unspecified atom stereocenters. The Balaban J connectivity index is 1.21. The fraction of sp³-hybridized carbons (Fsp3) is 0.625. The number of alkyl carbamates (subject to hydrolysis) is 1. The number of pyridine rings is 1. The van der Waals surface area contributed by atoms with Crippen LogP contribution in [0, 0.1) is 17.3 Å². The molecule has 13 nitrogen and oxygen atoms in total. The number of rotatable bonds is 7. The molecule has 0 spiro atoms. The topological polar surface area (TPSA) is 173 Å². The maximum atomic E-state index is 14.8. The molecular weight excluding hydrogens is 711 g/mol. The number of benzene rings is 1. The van der Waals surface area contributed by atoms with Crippen LogP contribution in [0.1, 0.15) is 96.5 Å². The number of fused-ring (bicyclic) bond motifs is 3. The van der Waals surface area contributed by atoms with Crippen molar-refractivity contribution < 1.29 is 37.1 Å². The second-order valence-corrected chi connectivity index (χ2v) is 18.8. The van der Waals surface area contributed by atoms with Gasteiger partial charge in [0.15, 0.2) is 0 Å². The van der Waals surface area contributed by atoms with Gasteiger partial charge in [0.2, 0.25) is 27.7 Å². The normalized spacial score (nSPS) is 29.5. The number of nitrogens with zero attached hydrogens (tertiary/aromatic N) is 2. The molecule has 1 saturated heterocycles. The largest absolute Gasteiger partial charge is 0.472 e. The minimum atomic E-state index is -3.88. The lowest BCUT2D eigenvalue weighted by Crippen LogP contribution is -2.59. The Morgan fingerprint density at radius 3 is 2.56 bits per heavy atom. The zero-order valence-electron chi connectivity index (χ0n) is 31.3. The molecule has 4 fully saturated rings. The summed E-state index contributed by atoms with van der Waals surface area (Å²) in [4.78, 5) is 62.2. The number of nitrogens with one attached hydrogen (secondary N) is 3. The highest BCUT2D eigenvalue weighted by Gasteiger charge is 2.62. The number of sulfonamides is 1. The van der Waals surface area contributed by atoms with E-state index >= 15 is 0 Å². The third-order valence-electron chi connectivity index (χ3n) is 12.0. The molecule has 292 valence electrons. The molecule has 5 atom stereocenters. The minimum absolute atomic E-state index is 0.0296. The quantitative estimate of drug-likeness (QED) is 0.339. The summed E-state index contributed by atoms with van der Waals surface area (Å²) in [6.07, 6.45) is 11.0. The second kappa shape index (κ2) is 15.1. The molecule has 3 saturated carbocycles. The average Bonchev–Trinajstić information content (AvgIpc) is 4.08. The molecule has 3 N–H and O–H groups in total. The number of hydrogen-bond donors (Lipinski definition) is 3. The molecule has 4 amide bonds. The van der Waals surface area contributed by atoms with E-state index in [1.807, 2.05) is 12.1 Å². The van der Waals surface area contributed by atoms with E-state index in [1.54, 1.807) is 6.20 Å². The summed E-state index contributed by atoms with van der Waals surface area (Å²) >= 11 is 0. The van der Waals surface area contributed by atoms with E-state index in [1.165, 1.54) is 11.0 Å². The standard InChI is InChI=1S/C40H53N5O8S/c1-4-28-22-40(28,37(48)44-54(50,51)30-15-16-30)43-34(46)32-21-29-23-45(32)36(47)33(27-11-6-5-7-12-27)42-38(49)52-24-39(2,3)18-9-8-10-25-13-14-26-17-19-41-35(53-29)31(26)20-25/h4,13-14,17,19-20,27-30,32-33H,1,5-12,15-16,18,21-24H2,2-3H3,(H,42,49)(H,43,46)(H,44,48). The number of aryl methyl sites for hydroxylation is 1. The highest BCUT2D eigenvalue weighted by molar-refractivity contribution is 7.91. The fourth-order valence-corrected chi connectivity index (χ4v) is 9.82. The lowest BCUT2D eigenvalue weighted by Gasteiger charge is -2.35. The first-order valence-electron chi connectivity index (χ1n) is 19.6. The van der Waals surface area contributed by atoms with Gasteiger partial charge in [0.05, 0.1) is 18.4 Å². The van der Waals surface area contributed by atoms with E-state index in [0.29, 0.717) is 18.7 Å². The van der Waals surface area contributed by atoms with Crippen LogP contribution >= 0.6 is 0 Å². The van der Waals surface area contributed by atoms with E-state index in [-0.39, 0.29) is 37.3 Å². The second-order valence-electron chi connectivity index (χ2n) is 16.8. The van der Waals surface area contributed by atoms with Crippen LogP contribution in [0.3, 0.4) is 0 Å². The lowest BCUT2D eigenvalue weighted by atomic mass is 9.83. The molecule has 7 rings (SSSR count). The van der Waals surface area contributed by atoms with Crippen LogP contribution in [0.25, 0.3) is 10.8 Å². The van der Waals surface area contributed by atoms with Crippen LogP contribution in [0.4, 0.5) is 4.79 Å². The number of hydrogen-bond acceptors (Lipinski definition) is 9. The van der Waals surface area contributed by atoms with Crippen molar-refractivity contribution in [1.29, 1.82) is 0 Å². The first kappa shape index (κ1) is 38.1. The Morgan fingerprint density at radius 1 is 1.06 bits per heavy atom. The van der Waals surface area contributed by atoms with Gasteiger partial charge in [0.25, 0.3) is 5.91 Å². The van der Waals surface area contributed by atoms with Crippen molar-refractivity contribution in [3.8, 4) is 5.88 Å². The van der Waals surface area contributed by atoms with Crippen LogP contribution in [0.5, 0.6) is 5.88 Å². The first-order chi connectivity index (χ1) is 25.8. The molecule has 3 aliphatic carbocycles. The van der Waals surface area contributed by atoms with Gasteiger partial charge in [-0.05, 0) is 85.8 Å². The van der Waals surface area contributed by atoms with Gasteiger partial charge in [0, 0.05) is 23.9 Å². The zero-order chi connectivity index (χ0) is 38.3. The summed E-state index contributed by atoms with van der Waals surface area (Å²) in [5.41, 5.74) is -0.669. The number of ether oxygens (including phenoxy) is 2. The van der Waals surface area contributed by atoms with Crippen molar-refractivity contribution in [2.75, 3.05) is 13.2 Å². The molecule has 5 aliphatic rings. The van der Waals surface area contributed by atoms with Gasteiger partial charge >= 0.3 is 6.09 Å². The van der Waals surface area contributed by atoms with Crippen molar-refractivity contribution in [1.82, 2.24) is 25.2 Å². The van der Waals surface area contributed by atoms with Crippen molar-refractivity contribution in [2.45, 2.75) is 126 Å². The molecule has 1 aromatic heterocycles. The van der Waals surface area contributed by atoms with Crippen molar-refractivity contribution >= 4 is 44.6 Å². The van der Waals surface area contributed by atoms with Crippen LogP contribution in [-0.4, -0.2) is 84.2 Å². The zero-order valence-corrected chi connectivity index (χ0v) is 32.1. The SMILES string of the molecule is C=CC1CC1(NC(=O)C1CC2CN1C(=O)C(C1CCCCC1)NC(=O)OCC(C)(C)CCCCc1ccc3ccnc(c3c1)O2)C(=O)NS(=O)(=O)C1CC1. The Kier molecular flexibility index (Phi) is 10.7. The summed E-state index contributed by atoms with van der Waals surface area (Å²) in [6, 6.07) is 6.12. The monoisotopic (exact) mass is 763 g/mol. The molecule has 3 heterocycles. The molecular formula is C40H53N5O8S. The van der Waals surface area contributed by atoms with E-state index in [2.05, 4.69) is 52.9 Å². The van der Waals surface area contributed by atoms with Gasteiger partial charge in [-0.15, -0.1) is 6.58 Å². The number of amides is 4. The Bertz CT molecular complexity index is 1910. The smallest absolute Gasteiger partial charge is 0.407 e. The average molecular weight is 764 g/mol. The number of carbonyl (C=O) groups excluding carboxylic acids is 4. The Labute approximate surface area is 317 Å². The summed E-state index contributed by atoms with van der Waals surface area (Å²) in [7, 11) is -3.88. The highest BCUT2D eigenvalue weighted by atomic mass is 32.2. The molecule has 1 aromatic carbocycles. The number of aromatic nitrogens is 1. The molecule has 54 heavy (non-hydrogen) atoms. The van der Waals surface area contributed by atoms with E-state index < -0.39 is 68.7 Å². The predicted molar refractivity (Wildman–Crippen MR) is 202 cm³/mol. The highest BCUT2D eigenvalue weighted by Crippen LogP contribution is 2.45. The predicted octanol–water partition coefficient (Wildman–Crippen LogP) is 4.68. The summed E-state index contributed by atoms with van der Waals surface area (Å²) in [6.45, 7) is 8.15. The van der Waals surface area contributed by atoms with Gasteiger partial charge in [0.1, 0.15) is 23.7 Å². The van der Waals surface area contributed by atoms with Crippen LogP contribution in [0.15, 0.2) is 43.1 Å². The van der Waals surface area contributed by atoms with Crippen molar-refractivity contribution in [3.05, 3.63) is 48.7 Å². The minimum Gasteiger partial charge on any atom is -0.472 e. The van der Waals surface area contributed by atoms with Crippen LogP contribution in [0.2, 0.25) is 0 Å². The third-order valence-corrected chi connectivity index (χ3v) is 13.8. The Hall–Kier alpha value is -4.20. The van der Waals surface area contributed by atoms with Gasteiger partial charge in [-0.3, -0.25) is 19.1 Å². The molecule has 0 radical (unpaired) electrons. The van der Waals surface area contributed by atoms with E-state index in [4.69, 9.17) is 9.47 Å². The van der Waals surface area contributed by atoms with Crippen molar-refractivity contribution in [3.63, 3.8) is 0 Å². The molecule has 4 bridgehead atoms. The van der Waals surface area contributed by atoms with Gasteiger partial charge in [-0.2, -0.15) is 0 Å². The van der Waals surface area contributed by atoms with E-state index in [0.717, 1.165) is 74.1 Å². The summed E-state index contributed by atoms with van der Waals surface area (Å²) in [5, 5.41) is 6.92.